The quantitative estimate of drug-likeness (QED) is 0.729. The molecule has 1 aromatic heterocycles. The molecule has 0 bridgehead atoms. The van der Waals surface area contributed by atoms with Crippen molar-refractivity contribution in [1.29, 1.82) is 0 Å². The van der Waals surface area contributed by atoms with Crippen molar-refractivity contribution in [1.82, 2.24) is 9.88 Å². The number of nitrogens with one attached hydrogen (secondary N) is 1. The summed E-state index contributed by atoms with van der Waals surface area (Å²) in [5.74, 6) is -0.521. The van der Waals surface area contributed by atoms with E-state index in [0.717, 1.165) is 16.5 Å². The molecule has 0 spiro atoms. The first-order valence-corrected chi connectivity index (χ1v) is 8.07. The number of ether oxygens (including phenoxy) is 1. The number of fused-ring (bicyclic) bond motifs is 1. The zero-order valence-corrected chi connectivity index (χ0v) is 14.3. The molecule has 128 valence electrons. The number of benzene rings is 2. The molecule has 0 atom stereocenters. The molecule has 0 unspecified atom stereocenters. The van der Waals surface area contributed by atoms with E-state index >= 15 is 0 Å². The number of hydrogen-bond acceptors (Lipinski definition) is 3. The number of methoxy groups -OCH3 is 1. The maximum absolute atomic E-state index is 12.3. The van der Waals surface area contributed by atoms with E-state index in [2.05, 4.69) is 5.32 Å². The molecule has 5 heteroatoms. The van der Waals surface area contributed by atoms with Gasteiger partial charge >= 0.3 is 5.97 Å². The number of nitrogens with zero attached hydrogens (tertiary/aromatic N) is 1. The number of esters is 1. The van der Waals surface area contributed by atoms with Crippen molar-refractivity contribution in [3.05, 3.63) is 71.4 Å². The molecule has 1 amide bonds. The lowest BCUT2D eigenvalue weighted by Gasteiger charge is -2.08. The number of amides is 1. The highest BCUT2D eigenvalue weighted by molar-refractivity contribution is 6.04. The molecule has 0 radical (unpaired) electrons. The fourth-order valence-corrected chi connectivity index (χ4v) is 2.77. The summed E-state index contributed by atoms with van der Waals surface area (Å²) in [7, 11) is 1.35. The average molecular weight is 336 g/mol. The van der Waals surface area contributed by atoms with Gasteiger partial charge in [-0.15, -0.1) is 0 Å². The molecule has 0 aliphatic rings. The lowest BCUT2D eigenvalue weighted by atomic mass is 10.1. The molecule has 5 nitrogen and oxygen atoms in total. The maximum Gasteiger partial charge on any atom is 0.340 e. The van der Waals surface area contributed by atoms with Crippen molar-refractivity contribution in [2.24, 2.45) is 0 Å². The molecule has 0 saturated heterocycles. The van der Waals surface area contributed by atoms with Crippen molar-refractivity contribution in [2.45, 2.75) is 20.0 Å². The minimum Gasteiger partial charge on any atom is -0.465 e. The Bertz CT molecular complexity index is 910. The van der Waals surface area contributed by atoms with E-state index in [-0.39, 0.29) is 12.5 Å². The lowest BCUT2D eigenvalue weighted by Crippen LogP contribution is -2.26. The average Bonchev–Trinajstić information content (AvgIpc) is 2.99. The van der Waals surface area contributed by atoms with Crippen molar-refractivity contribution >= 4 is 22.8 Å². The van der Waals surface area contributed by atoms with Gasteiger partial charge in [0.25, 0.3) is 0 Å². The van der Waals surface area contributed by atoms with Gasteiger partial charge in [0.2, 0.25) is 5.91 Å². The van der Waals surface area contributed by atoms with E-state index in [4.69, 9.17) is 4.74 Å². The number of aromatic nitrogens is 1. The van der Waals surface area contributed by atoms with E-state index < -0.39 is 5.97 Å². The van der Waals surface area contributed by atoms with Crippen LogP contribution in [0.1, 0.15) is 21.5 Å². The summed E-state index contributed by atoms with van der Waals surface area (Å²) < 4.78 is 6.59. The van der Waals surface area contributed by atoms with Crippen LogP contribution in [0.2, 0.25) is 0 Å². The van der Waals surface area contributed by atoms with Gasteiger partial charge in [-0.05, 0) is 18.6 Å². The van der Waals surface area contributed by atoms with Gasteiger partial charge < -0.3 is 14.6 Å². The van der Waals surface area contributed by atoms with Crippen LogP contribution >= 0.6 is 0 Å². The first kappa shape index (κ1) is 16.8. The van der Waals surface area contributed by atoms with E-state index in [1.807, 2.05) is 55.5 Å². The number of rotatable bonds is 5. The van der Waals surface area contributed by atoms with Crippen LogP contribution < -0.4 is 5.32 Å². The molecular formula is C20H20N2O3. The molecule has 0 aliphatic heterocycles. The predicted octanol–water partition coefficient (Wildman–Crippen LogP) is 3.05. The molecule has 25 heavy (non-hydrogen) atoms. The van der Waals surface area contributed by atoms with Gasteiger partial charge in [-0.1, -0.05) is 48.0 Å². The van der Waals surface area contributed by atoms with Gasteiger partial charge in [-0.25, -0.2) is 4.79 Å². The molecule has 1 N–H and O–H groups in total. The van der Waals surface area contributed by atoms with Crippen LogP contribution in [0.25, 0.3) is 10.9 Å². The molecule has 0 saturated carbocycles. The normalized spacial score (nSPS) is 10.6. The fraction of sp³-hybridized carbons (Fsp3) is 0.200. The first-order chi connectivity index (χ1) is 12.1. The highest BCUT2D eigenvalue weighted by Crippen LogP contribution is 2.22. The second kappa shape index (κ2) is 7.21. The minimum absolute atomic E-state index is 0.113. The van der Waals surface area contributed by atoms with Crippen molar-refractivity contribution in [2.75, 3.05) is 7.11 Å². The Morgan fingerprint density at radius 3 is 2.52 bits per heavy atom. The van der Waals surface area contributed by atoms with Crippen LogP contribution in [0.5, 0.6) is 0 Å². The Morgan fingerprint density at radius 2 is 1.80 bits per heavy atom. The van der Waals surface area contributed by atoms with Gasteiger partial charge in [0.05, 0.1) is 12.7 Å². The second-order valence-electron chi connectivity index (χ2n) is 5.94. The predicted molar refractivity (Wildman–Crippen MR) is 96.3 cm³/mol. The van der Waals surface area contributed by atoms with E-state index in [0.29, 0.717) is 12.1 Å². The monoisotopic (exact) mass is 336 g/mol. The summed E-state index contributed by atoms with van der Waals surface area (Å²) in [6.07, 6.45) is 1.67. The summed E-state index contributed by atoms with van der Waals surface area (Å²) in [4.78, 5) is 24.2. The molecule has 3 aromatic rings. The lowest BCUT2D eigenvalue weighted by molar-refractivity contribution is -0.121. The Balaban J connectivity index is 1.74. The number of carbonyl (C=O) groups excluding carboxylic acids is 2. The van der Waals surface area contributed by atoms with E-state index in [9.17, 15) is 9.59 Å². The molecular weight excluding hydrogens is 316 g/mol. The second-order valence-corrected chi connectivity index (χ2v) is 5.94. The van der Waals surface area contributed by atoms with Crippen molar-refractivity contribution in [3.8, 4) is 0 Å². The summed E-state index contributed by atoms with van der Waals surface area (Å²) in [5, 5.41) is 3.69. The van der Waals surface area contributed by atoms with E-state index in [1.165, 1.54) is 12.7 Å². The largest absolute Gasteiger partial charge is 0.465 e. The van der Waals surface area contributed by atoms with Gasteiger partial charge in [-0.2, -0.15) is 0 Å². The van der Waals surface area contributed by atoms with Crippen molar-refractivity contribution < 1.29 is 14.3 Å². The summed E-state index contributed by atoms with van der Waals surface area (Å²) >= 11 is 0. The van der Waals surface area contributed by atoms with E-state index in [1.54, 1.807) is 10.8 Å². The van der Waals surface area contributed by atoms with Gasteiger partial charge in [0.1, 0.15) is 6.54 Å². The smallest absolute Gasteiger partial charge is 0.340 e. The Labute approximate surface area is 146 Å². The standard InChI is InChI=1S/C20H20N2O3/c1-14-7-9-15(10-8-14)11-21-19(23)13-22-12-17(20(24)25-2)16-5-3-4-6-18(16)22/h3-10,12H,11,13H2,1-2H3,(H,21,23). The molecule has 1 heterocycles. The number of aryl methyl sites for hydroxylation is 1. The molecule has 0 aliphatic carbocycles. The van der Waals surface area contributed by atoms with Crippen molar-refractivity contribution in [3.63, 3.8) is 0 Å². The molecule has 3 rings (SSSR count). The van der Waals surface area contributed by atoms with Crippen LogP contribution in [0.3, 0.4) is 0 Å². The first-order valence-electron chi connectivity index (χ1n) is 8.07. The minimum atomic E-state index is -0.407. The highest BCUT2D eigenvalue weighted by atomic mass is 16.5. The Kier molecular flexibility index (Phi) is 4.84. The van der Waals surface area contributed by atoms with Crippen LogP contribution in [0.4, 0.5) is 0 Å². The maximum atomic E-state index is 12.3. The molecule has 0 fully saturated rings. The number of para-hydroxylation sites is 1. The summed E-state index contributed by atoms with van der Waals surface area (Å²) in [5.41, 5.74) is 3.52. The van der Waals surface area contributed by atoms with Gasteiger partial charge in [-0.3, -0.25) is 4.79 Å². The Morgan fingerprint density at radius 1 is 1.08 bits per heavy atom. The SMILES string of the molecule is COC(=O)c1cn(CC(=O)NCc2ccc(C)cc2)c2ccccc12. The fourth-order valence-electron chi connectivity index (χ4n) is 2.77. The highest BCUT2D eigenvalue weighted by Gasteiger charge is 2.16. The zero-order chi connectivity index (χ0) is 17.8. The van der Waals surface area contributed by atoms with Gasteiger partial charge in [0.15, 0.2) is 0 Å². The van der Waals surface area contributed by atoms with Crippen LogP contribution in [0, 0.1) is 6.92 Å². The molecule has 2 aromatic carbocycles. The summed E-state index contributed by atoms with van der Waals surface area (Å²) in [6.45, 7) is 2.64. The third-order valence-electron chi connectivity index (χ3n) is 4.12. The Hall–Kier alpha value is -3.08. The van der Waals surface area contributed by atoms with Gasteiger partial charge in [0, 0.05) is 23.6 Å². The van der Waals surface area contributed by atoms with Crippen LogP contribution in [-0.2, 0) is 22.6 Å². The summed E-state index contributed by atoms with van der Waals surface area (Å²) in [6, 6.07) is 15.5. The number of hydrogen-bond donors (Lipinski definition) is 1. The zero-order valence-electron chi connectivity index (χ0n) is 14.3. The topological polar surface area (TPSA) is 60.3 Å². The van der Waals surface area contributed by atoms with Crippen LogP contribution in [0.15, 0.2) is 54.7 Å². The third-order valence-corrected chi connectivity index (χ3v) is 4.12. The van der Waals surface area contributed by atoms with Crippen LogP contribution in [-0.4, -0.2) is 23.6 Å². The number of carbonyl (C=O) groups is 2. The third kappa shape index (κ3) is 3.71.